The summed E-state index contributed by atoms with van der Waals surface area (Å²) in [5.41, 5.74) is 8.32. The average molecular weight is 313 g/mol. The number of rotatable bonds is 3. The van der Waals surface area contributed by atoms with Crippen molar-refractivity contribution in [3.63, 3.8) is 0 Å². The van der Waals surface area contributed by atoms with E-state index in [0.717, 1.165) is 25.1 Å². The number of aromatic nitrogens is 3. The van der Waals surface area contributed by atoms with Crippen LogP contribution in [-0.2, 0) is 0 Å². The molecular formula is C17H23N5O. The molecule has 1 aromatic carbocycles. The lowest BCUT2D eigenvalue weighted by atomic mass is 9.90. The minimum absolute atomic E-state index is 0.0784. The zero-order chi connectivity index (χ0) is 16.4. The number of piperidine rings is 1. The number of nitrogens with two attached hydrogens (primary N) is 1. The summed E-state index contributed by atoms with van der Waals surface area (Å²) in [7, 11) is 0. The van der Waals surface area contributed by atoms with Gasteiger partial charge in [-0.2, -0.15) is 0 Å². The Hall–Kier alpha value is -2.21. The van der Waals surface area contributed by atoms with E-state index in [9.17, 15) is 4.79 Å². The van der Waals surface area contributed by atoms with E-state index >= 15 is 0 Å². The standard InChI is InChI=1S/C17H23N5O/c1-12-5-7-14(8-6-12)22-11-15(19-20-22)17(23)21-9-3-4-13(2)16(21)10-18/h5-8,11,13,16H,3-4,9-10,18H2,1-2H3. The van der Waals surface area contributed by atoms with Crippen LogP contribution in [0.25, 0.3) is 5.69 Å². The minimum atomic E-state index is -0.0784. The maximum atomic E-state index is 12.8. The molecule has 3 rings (SSSR count). The third kappa shape index (κ3) is 3.12. The topological polar surface area (TPSA) is 77.0 Å². The fourth-order valence-corrected chi connectivity index (χ4v) is 3.19. The Bertz CT molecular complexity index is 679. The van der Waals surface area contributed by atoms with Crippen molar-refractivity contribution in [1.82, 2.24) is 19.9 Å². The quantitative estimate of drug-likeness (QED) is 0.937. The first-order valence-electron chi connectivity index (χ1n) is 8.10. The van der Waals surface area contributed by atoms with Gasteiger partial charge < -0.3 is 10.6 Å². The predicted octanol–water partition coefficient (Wildman–Crippen LogP) is 1.78. The van der Waals surface area contributed by atoms with Gasteiger partial charge in [0, 0.05) is 19.1 Å². The molecule has 1 aromatic heterocycles. The first-order valence-corrected chi connectivity index (χ1v) is 8.10. The van der Waals surface area contributed by atoms with Crippen LogP contribution in [0.5, 0.6) is 0 Å². The molecule has 0 spiro atoms. The summed E-state index contributed by atoms with van der Waals surface area (Å²) >= 11 is 0. The van der Waals surface area contributed by atoms with Gasteiger partial charge in [0.05, 0.1) is 11.9 Å². The monoisotopic (exact) mass is 313 g/mol. The molecule has 0 aliphatic carbocycles. The summed E-state index contributed by atoms with van der Waals surface area (Å²) in [4.78, 5) is 14.6. The molecule has 122 valence electrons. The van der Waals surface area contributed by atoms with Gasteiger partial charge >= 0.3 is 0 Å². The van der Waals surface area contributed by atoms with Crippen LogP contribution in [0.3, 0.4) is 0 Å². The number of amides is 1. The van der Waals surface area contributed by atoms with Crippen molar-refractivity contribution in [2.45, 2.75) is 32.7 Å². The lowest BCUT2D eigenvalue weighted by Gasteiger charge is -2.39. The lowest BCUT2D eigenvalue weighted by molar-refractivity contribution is 0.0526. The molecule has 2 heterocycles. The second-order valence-corrected chi connectivity index (χ2v) is 6.31. The van der Waals surface area contributed by atoms with Gasteiger partial charge in [-0.25, -0.2) is 4.68 Å². The highest BCUT2D eigenvalue weighted by Gasteiger charge is 2.32. The van der Waals surface area contributed by atoms with E-state index in [4.69, 9.17) is 5.73 Å². The zero-order valence-electron chi connectivity index (χ0n) is 13.6. The second kappa shape index (κ2) is 6.50. The van der Waals surface area contributed by atoms with Crippen LogP contribution in [0.1, 0.15) is 35.8 Å². The number of aryl methyl sites for hydroxylation is 1. The SMILES string of the molecule is Cc1ccc(-n2cc(C(=O)N3CCCC(C)C3CN)nn2)cc1. The van der Waals surface area contributed by atoms with E-state index in [1.165, 1.54) is 5.56 Å². The molecule has 0 radical (unpaired) electrons. The Balaban J connectivity index is 1.82. The number of carbonyl (C=O) groups excluding carboxylic acids is 1. The van der Waals surface area contributed by atoms with E-state index in [2.05, 4.69) is 17.2 Å². The Kier molecular flexibility index (Phi) is 4.43. The van der Waals surface area contributed by atoms with Crippen molar-refractivity contribution >= 4 is 5.91 Å². The van der Waals surface area contributed by atoms with Gasteiger partial charge in [-0.05, 0) is 37.8 Å². The molecule has 1 amide bonds. The largest absolute Gasteiger partial charge is 0.333 e. The minimum Gasteiger partial charge on any atom is -0.333 e. The van der Waals surface area contributed by atoms with Crippen molar-refractivity contribution < 1.29 is 4.79 Å². The number of nitrogens with zero attached hydrogens (tertiary/aromatic N) is 4. The van der Waals surface area contributed by atoms with Gasteiger partial charge in [0.1, 0.15) is 0 Å². The van der Waals surface area contributed by atoms with E-state index in [0.29, 0.717) is 18.2 Å². The number of likely N-dealkylation sites (tertiary alicyclic amines) is 1. The van der Waals surface area contributed by atoms with Crippen molar-refractivity contribution in [3.05, 3.63) is 41.7 Å². The predicted molar refractivity (Wildman–Crippen MR) is 88.4 cm³/mol. The molecule has 2 unspecified atom stereocenters. The molecule has 1 aliphatic rings. The molecule has 1 saturated heterocycles. The Labute approximate surface area is 136 Å². The highest BCUT2D eigenvalue weighted by atomic mass is 16.2. The molecule has 0 bridgehead atoms. The third-order valence-corrected chi connectivity index (χ3v) is 4.63. The van der Waals surface area contributed by atoms with Crippen molar-refractivity contribution in [1.29, 1.82) is 0 Å². The van der Waals surface area contributed by atoms with Crippen LogP contribution in [-0.4, -0.2) is 44.9 Å². The molecule has 1 fully saturated rings. The lowest BCUT2D eigenvalue weighted by Crippen LogP contribution is -2.51. The summed E-state index contributed by atoms with van der Waals surface area (Å²) in [5.74, 6) is 0.343. The highest BCUT2D eigenvalue weighted by Crippen LogP contribution is 2.24. The van der Waals surface area contributed by atoms with Gasteiger partial charge in [0.25, 0.3) is 5.91 Å². The average Bonchev–Trinajstić information content (AvgIpc) is 3.04. The fourth-order valence-electron chi connectivity index (χ4n) is 3.19. The third-order valence-electron chi connectivity index (χ3n) is 4.63. The van der Waals surface area contributed by atoms with Gasteiger partial charge in [0.15, 0.2) is 5.69 Å². The molecule has 23 heavy (non-hydrogen) atoms. The molecular weight excluding hydrogens is 290 g/mol. The van der Waals surface area contributed by atoms with E-state index in [1.807, 2.05) is 36.1 Å². The van der Waals surface area contributed by atoms with Crippen LogP contribution in [0, 0.1) is 12.8 Å². The van der Waals surface area contributed by atoms with Crippen LogP contribution in [0.2, 0.25) is 0 Å². The maximum Gasteiger partial charge on any atom is 0.276 e. The van der Waals surface area contributed by atoms with Gasteiger partial charge in [0.2, 0.25) is 0 Å². The number of hydrogen-bond acceptors (Lipinski definition) is 4. The number of hydrogen-bond donors (Lipinski definition) is 1. The molecule has 0 saturated carbocycles. The van der Waals surface area contributed by atoms with Gasteiger partial charge in [-0.3, -0.25) is 4.79 Å². The van der Waals surface area contributed by atoms with E-state index in [1.54, 1.807) is 10.9 Å². The molecule has 1 aliphatic heterocycles. The van der Waals surface area contributed by atoms with Crippen LogP contribution >= 0.6 is 0 Å². The smallest absolute Gasteiger partial charge is 0.276 e. The van der Waals surface area contributed by atoms with Crippen molar-refractivity contribution in [2.75, 3.05) is 13.1 Å². The zero-order valence-corrected chi connectivity index (χ0v) is 13.6. The molecule has 6 heteroatoms. The van der Waals surface area contributed by atoms with Crippen molar-refractivity contribution in [3.8, 4) is 5.69 Å². The Morgan fingerprint density at radius 1 is 1.35 bits per heavy atom. The van der Waals surface area contributed by atoms with E-state index < -0.39 is 0 Å². The normalized spacial score (nSPS) is 21.4. The number of carbonyl (C=O) groups is 1. The number of benzene rings is 1. The fraction of sp³-hybridized carbons (Fsp3) is 0.471. The van der Waals surface area contributed by atoms with Crippen LogP contribution in [0.15, 0.2) is 30.5 Å². The van der Waals surface area contributed by atoms with Gasteiger partial charge in [-0.15, -0.1) is 5.10 Å². The Morgan fingerprint density at radius 3 is 2.78 bits per heavy atom. The summed E-state index contributed by atoms with van der Waals surface area (Å²) in [5, 5.41) is 8.15. The molecule has 2 aromatic rings. The first-order chi connectivity index (χ1) is 11.1. The summed E-state index contributed by atoms with van der Waals surface area (Å²) < 4.78 is 1.64. The van der Waals surface area contributed by atoms with Crippen LogP contribution < -0.4 is 5.73 Å². The van der Waals surface area contributed by atoms with Gasteiger partial charge in [-0.1, -0.05) is 29.8 Å². The highest BCUT2D eigenvalue weighted by molar-refractivity contribution is 5.92. The second-order valence-electron chi connectivity index (χ2n) is 6.31. The Morgan fingerprint density at radius 2 is 2.09 bits per heavy atom. The van der Waals surface area contributed by atoms with E-state index in [-0.39, 0.29) is 11.9 Å². The summed E-state index contributed by atoms with van der Waals surface area (Å²) in [6.07, 6.45) is 3.82. The summed E-state index contributed by atoms with van der Waals surface area (Å²) in [6.45, 7) is 5.41. The molecule has 6 nitrogen and oxygen atoms in total. The molecule has 2 N–H and O–H groups in total. The summed E-state index contributed by atoms with van der Waals surface area (Å²) in [6, 6.07) is 8.03. The first kappa shape index (κ1) is 15.7. The molecule has 2 atom stereocenters. The van der Waals surface area contributed by atoms with Crippen LogP contribution in [0.4, 0.5) is 0 Å². The maximum absolute atomic E-state index is 12.8. The van der Waals surface area contributed by atoms with Crippen molar-refractivity contribution in [2.24, 2.45) is 11.7 Å².